The zero-order chi connectivity index (χ0) is 13.3. The van der Waals surface area contributed by atoms with Gasteiger partial charge in [-0.25, -0.2) is 0 Å². The Morgan fingerprint density at radius 2 is 2.16 bits per heavy atom. The van der Waals surface area contributed by atoms with E-state index in [1.807, 2.05) is 6.07 Å². The first-order chi connectivity index (χ1) is 9.38. The van der Waals surface area contributed by atoms with Crippen molar-refractivity contribution in [2.75, 3.05) is 12.5 Å². The van der Waals surface area contributed by atoms with Crippen LogP contribution in [0.4, 0.5) is 0 Å². The van der Waals surface area contributed by atoms with Crippen molar-refractivity contribution in [3.8, 4) is 17.6 Å². The van der Waals surface area contributed by atoms with Crippen molar-refractivity contribution < 1.29 is 4.74 Å². The molecule has 1 aromatic heterocycles. The molecule has 1 fully saturated rings. The molecule has 3 heteroatoms. The number of pyridine rings is 1. The standard InChI is InChI=1S/C16H20ClNO/c17-9-4-3-7-15-11-16(13-18-12-15)19-10-8-14-5-1-2-6-14/h11-14H,1-2,4-6,8-10H2. The molecule has 0 unspecified atom stereocenters. The maximum Gasteiger partial charge on any atom is 0.138 e. The second-order valence-corrected chi connectivity index (χ2v) is 5.32. The fraction of sp³-hybridized carbons (Fsp3) is 0.562. The van der Waals surface area contributed by atoms with E-state index in [9.17, 15) is 0 Å². The lowest BCUT2D eigenvalue weighted by Gasteiger charge is -2.10. The van der Waals surface area contributed by atoms with Gasteiger partial charge in [0.15, 0.2) is 0 Å². The van der Waals surface area contributed by atoms with Gasteiger partial charge < -0.3 is 4.74 Å². The van der Waals surface area contributed by atoms with Gasteiger partial charge in [-0.1, -0.05) is 37.5 Å². The monoisotopic (exact) mass is 277 g/mol. The highest BCUT2D eigenvalue weighted by Gasteiger charge is 2.14. The first kappa shape index (κ1) is 14.2. The molecule has 0 spiro atoms. The lowest BCUT2D eigenvalue weighted by atomic mass is 10.1. The van der Waals surface area contributed by atoms with Gasteiger partial charge in [0.1, 0.15) is 5.75 Å². The van der Waals surface area contributed by atoms with Crippen LogP contribution in [0.3, 0.4) is 0 Å². The lowest BCUT2D eigenvalue weighted by molar-refractivity contribution is 0.278. The SMILES string of the molecule is ClCCC#Cc1cncc(OCCC2CCCC2)c1. The molecule has 0 bridgehead atoms. The first-order valence-corrected chi connectivity index (χ1v) is 7.54. The summed E-state index contributed by atoms with van der Waals surface area (Å²) in [5.74, 6) is 8.29. The Hall–Kier alpha value is -1.20. The van der Waals surface area contributed by atoms with Gasteiger partial charge in [-0.05, 0) is 18.4 Å². The fourth-order valence-electron chi connectivity index (χ4n) is 2.42. The Balaban J connectivity index is 1.79. The van der Waals surface area contributed by atoms with Crippen molar-refractivity contribution in [2.45, 2.75) is 38.5 Å². The molecule has 0 amide bonds. The second kappa shape index (κ2) is 8.07. The Morgan fingerprint density at radius 1 is 1.32 bits per heavy atom. The van der Waals surface area contributed by atoms with Gasteiger partial charge in [-0.3, -0.25) is 4.98 Å². The number of hydrogen-bond acceptors (Lipinski definition) is 2. The third kappa shape index (κ3) is 5.12. The Labute approximate surface area is 120 Å². The number of ether oxygens (including phenoxy) is 1. The molecule has 1 aromatic rings. The Kier molecular flexibility index (Phi) is 6.04. The van der Waals surface area contributed by atoms with Crippen LogP contribution in [0.5, 0.6) is 5.75 Å². The zero-order valence-electron chi connectivity index (χ0n) is 11.2. The quantitative estimate of drug-likeness (QED) is 0.599. The molecule has 0 saturated heterocycles. The minimum Gasteiger partial charge on any atom is -0.492 e. The van der Waals surface area contributed by atoms with Crippen molar-refractivity contribution in [2.24, 2.45) is 5.92 Å². The maximum atomic E-state index is 5.76. The van der Waals surface area contributed by atoms with Gasteiger partial charge in [-0.2, -0.15) is 0 Å². The van der Waals surface area contributed by atoms with Crippen LogP contribution in [0.25, 0.3) is 0 Å². The molecule has 1 heterocycles. The molecule has 1 aliphatic carbocycles. The predicted octanol–water partition coefficient (Wildman–Crippen LogP) is 4.02. The first-order valence-electron chi connectivity index (χ1n) is 7.01. The van der Waals surface area contributed by atoms with Crippen LogP contribution >= 0.6 is 11.6 Å². The predicted molar refractivity (Wildman–Crippen MR) is 78.5 cm³/mol. The highest BCUT2D eigenvalue weighted by molar-refractivity contribution is 6.18. The number of alkyl halides is 1. The number of aromatic nitrogens is 1. The summed E-state index contributed by atoms with van der Waals surface area (Å²) < 4.78 is 5.76. The van der Waals surface area contributed by atoms with Crippen LogP contribution in [0.15, 0.2) is 18.5 Å². The molecule has 0 aliphatic heterocycles. The van der Waals surface area contributed by atoms with E-state index >= 15 is 0 Å². The molecule has 0 aromatic carbocycles. The summed E-state index contributed by atoms with van der Waals surface area (Å²) in [6.07, 6.45) is 10.9. The molecule has 102 valence electrons. The smallest absolute Gasteiger partial charge is 0.138 e. The molecule has 0 atom stereocenters. The second-order valence-electron chi connectivity index (χ2n) is 4.94. The van der Waals surface area contributed by atoms with Crippen molar-refractivity contribution in [3.05, 3.63) is 24.0 Å². The molecule has 0 radical (unpaired) electrons. The van der Waals surface area contributed by atoms with E-state index in [1.165, 1.54) is 25.7 Å². The summed E-state index contributed by atoms with van der Waals surface area (Å²) in [5, 5.41) is 0. The van der Waals surface area contributed by atoms with Gasteiger partial charge in [0.25, 0.3) is 0 Å². The Morgan fingerprint density at radius 3 is 2.95 bits per heavy atom. The molecule has 1 aliphatic rings. The van der Waals surface area contributed by atoms with Crippen LogP contribution in [0.2, 0.25) is 0 Å². The van der Waals surface area contributed by atoms with E-state index in [2.05, 4.69) is 16.8 Å². The molecule has 2 rings (SSSR count). The van der Waals surface area contributed by atoms with Gasteiger partial charge in [0.05, 0.1) is 12.8 Å². The normalized spacial score (nSPS) is 15.0. The van der Waals surface area contributed by atoms with E-state index in [0.717, 1.165) is 30.3 Å². The van der Waals surface area contributed by atoms with Crippen molar-refractivity contribution in [1.82, 2.24) is 4.98 Å². The highest BCUT2D eigenvalue weighted by Crippen LogP contribution is 2.27. The van der Waals surface area contributed by atoms with E-state index in [1.54, 1.807) is 12.4 Å². The summed E-state index contributed by atoms with van der Waals surface area (Å²) >= 11 is 5.59. The fourth-order valence-corrected chi connectivity index (χ4v) is 2.51. The van der Waals surface area contributed by atoms with Crippen LogP contribution in [-0.2, 0) is 0 Å². The maximum absolute atomic E-state index is 5.76. The van der Waals surface area contributed by atoms with Crippen LogP contribution < -0.4 is 4.74 Å². The van der Waals surface area contributed by atoms with Crippen LogP contribution in [0, 0.1) is 17.8 Å². The van der Waals surface area contributed by atoms with Crippen molar-refractivity contribution in [3.63, 3.8) is 0 Å². The van der Waals surface area contributed by atoms with Gasteiger partial charge in [-0.15, -0.1) is 11.6 Å². The van der Waals surface area contributed by atoms with Gasteiger partial charge in [0.2, 0.25) is 0 Å². The molecule has 2 nitrogen and oxygen atoms in total. The molecular weight excluding hydrogens is 258 g/mol. The minimum atomic E-state index is 0.567. The van der Waals surface area contributed by atoms with E-state index in [4.69, 9.17) is 16.3 Å². The molecule has 19 heavy (non-hydrogen) atoms. The van der Waals surface area contributed by atoms with Crippen molar-refractivity contribution in [1.29, 1.82) is 0 Å². The van der Waals surface area contributed by atoms with Crippen LogP contribution in [-0.4, -0.2) is 17.5 Å². The van der Waals surface area contributed by atoms with E-state index in [-0.39, 0.29) is 0 Å². The average molecular weight is 278 g/mol. The summed E-state index contributed by atoms with van der Waals surface area (Å²) in [5.41, 5.74) is 0.892. The number of hydrogen-bond donors (Lipinski definition) is 0. The molecular formula is C16H20ClNO. The Bertz CT molecular complexity index is 444. The summed E-state index contributed by atoms with van der Waals surface area (Å²) in [6, 6.07) is 1.95. The number of nitrogens with zero attached hydrogens (tertiary/aromatic N) is 1. The summed E-state index contributed by atoms with van der Waals surface area (Å²) in [4.78, 5) is 4.15. The summed E-state index contributed by atoms with van der Waals surface area (Å²) in [7, 11) is 0. The van der Waals surface area contributed by atoms with E-state index in [0.29, 0.717) is 12.3 Å². The average Bonchev–Trinajstić information content (AvgIpc) is 2.93. The van der Waals surface area contributed by atoms with E-state index < -0.39 is 0 Å². The topological polar surface area (TPSA) is 22.1 Å². The highest BCUT2D eigenvalue weighted by atomic mass is 35.5. The third-order valence-electron chi connectivity index (χ3n) is 3.43. The van der Waals surface area contributed by atoms with Crippen LogP contribution in [0.1, 0.15) is 44.1 Å². The lowest BCUT2D eigenvalue weighted by Crippen LogP contribution is -2.04. The minimum absolute atomic E-state index is 0.567. The third-order valence-corrected chi connectivity index (χ3v) is 3.62. The van der Waals surface area contributed by atoms with Gasteiger partial charge in [0, 0.05) is 24.1 Å². The molecule has 1 saturated carbocycles. The van der Waals surface area contributed by atoms with Gasteiger partial charge >= 0.3 is 0 Å². The van der Waals surface area contributed by atoms with Crippen molar-refractivity contribution >= 4 is 11.6 Å². The number of rotatable bonds is 5. The summed E-state index contributed by atoms with van der Waals surface area (Å²) in [6.45, 7) is 0.783. The number of halogens is 1. The molecule has 0 N–H and O–H groups in total. The largest absolute Gasteiger partial charge is 0.492 e. The zero-order valence-corrected chi connectivity index (χ0v) is 12.0.